The van der Waals surface area contributed by atoms with E-state index < -0.39 is 86.7 Å². The summed E-state index contributed by atoms with van der Waals surface area (Å²) in [6.45, 7) is 12.5. The van der Waals surface area contributed by atoms with Crippen molar-refractivity contribution in [2.75, 3.05) is 13.2 Å². The third kappa shape index (κ3) is 5.38. The Labute approximate surface area is 273 Å². The van der Waals surface area contributed by atoms with Crippen molar-refractivity contribution in [3.05, 3.63) is 46.0 Å². The molecule has 0 bridgehead atoms. The van der Waals surface area contributed by atoms with E-state index in [-0.39, 0.29) is 42.8 Å². The quantitative estimate of drug-likeness (QED) is 0.182. The van der Waals surface area contributed by atoms with Gasteiger partial charge in [0.1, 0.15) is 17.5 Å². The van der Waals surface area contributed by atoms with Crippen molar-refractivity contribution in [2.45, 2.75) is 73.8 Å². The predicted octanol–water partition coefficient (Wildman–Crippen LogP) is 3.55. The molecule has 11 nitrogen and oxygen atoms in total. The summed E-state index contributed by atoms with van der Waals surface area (Å²) in [4.78, 5) is 94.2. The van der Waals surface area contributed by atoms with Crippen LogP contribution in [0.5, 0.6) is 5.75 Å². The van der Waals surface area contributed by atoms with Gasteiger partial charge in [-0.25, -0.2) is 9.59 Å². The summed E-state index contributed by atoms with van der Waals surface area (Å²) >= 11 is 0. The average molecular weight is 651 g/mol. The smallest absolute Gasteiger partial charge is 0.338 e. The molecule has 0 saturated heterocycles. The molecule has 0 aliphatic heterocycles. The van der Waals surface area contributed by atoms with Gasteiger partial charge < -0.3 is 19.7 Å². The summed E-state index contributed by atoms with van der Waals surface area (Å²) < 4.78 is 10.2. The van der Waals surface area contributed by atoms with Crippen LogP contribution in [0.15, 0.2) is 29.4 Å². The second-order valence-electron chi connectivity index (χ2n) is 13.7. The molecule has 0 spiro atoms. The number of hydrogen-bond donors (Lipinski definition) is 2. The maximum atomic E-state index is 14.5. The second kappa shape index (κ2) is 12.4. The minimum absolute atomic E-state index is 0.0175. The van der Waals surface area contributed by atoms with E-state index in [0.717, 1.165) is 6.92 Å². The van der Waals surface area contributed by atoms with E-state index in [1.807, 2.05) is 0 Å². The number of carbonyl (C=O) groups is 7. The summed E-state index contributed by atoms with van der Waals surface area (Å²) in [7, 11) is 0. The molecule has 3 aliphatic rings. The molecule has 1 aromatic rings. The van der Waals surface area contributed by atoms with E-state index in [1.165, 1.54) is 38.1 Å². The van der Waals surface area contributed by atoms with Crippen LogP contribution < -0.4 is 0 Å². The number of hydrogen-bond acceptors (Lipinski definition) is 11. The molecule has 0 amide bonds. The highest BCUT2D eigenvalue weighted by Gasteiger charge is 2.76. The van der Waals surface area contributed by atoms with Crippen molar-refractivity contribution in [3.8, 4) is 5.75 Å². The fraction of sp³-hybridized carbons (Fsp3) is 0.528. The van der Waals surface area contributed by atoms with Crippen LogP contribution >= 0.6 is 0 Å². The number of rotatable bonds is 8. The van der Waals surface area contributed by atoms with Crippen LogP contribution in [0.1, 0.15) is 83.3 Å². The van der Waals surface area contributed by atoms with Crippen molar-refractivity contribution in [3.63, 3.8) is 0 Å². The number of phenolic OH excluding ortho intramolecular Hbond substituents is 1. The van der Waals surface area contributed by atoms with E-state index in [9.17, 15) is 43.8 Å². The monoisotopic (exact) mass is 650 g/mol. The standard InChI is InChI=1S/C36H42O11/c1-9-46-32(43)18(5)13-21(33(44)47-10-2)14-20-11-12-23(38)25-22(20)15-34(7)16-35(8)26(17(3)4)28(39)24(19(6)37)30(41)36(35,45)31(42)27(34)29(25)40/h11-14,17,24,26-27,38,45H,9-10,15-16H2,1-8H3/b18-13+,21-14-/t24?,26?,27?,34-,35-,36+/m1/s1. The molecule has 2 fully saturated rings. The molecule has 0 heterocycles. The lowest BCUT2D eigenvalue weighted by atomic mass is 9.40. The molecule has 11 heteroatoms. The first kappa shape index (κ1) is 35.6. The Bertz CT molecular complexity index is 1660. The van der Waals surface area contributed by atoms with Crippen molar-refractivity contribution in [1.82, 2.24) is 0 Å². The minimum atomic E-state index is -2.80. The Morgan fingerprint density at radius 2 is 1.57 bits per heavy atom. The first-order valence-corrected chi connectivity index (χ1v) is 15.8. The molecule has 47 heavy (non-hydrogen) atoms. The number of fused-ring (bicyclic) bond motifs is 3. The third-order valence-electron chi connectivity index (χ3n) is 10.1. The lowest BCUT2D eigenvalue weighted by Gasteiger charge is -2.61. The van der Waals surface area contributed by atoms with Crippen LogP contribution in [0, 0.1) is 34.5 Å². The molecule has 3 unspecified atom stereocenters. The van der Waals surface area contributed by atoms with Crippen LogP contribution in [-0.2, 0) is 44.7 Å². The van der Waals surface area contributed by atoms with Crippen molar-refractivity contribution in [1.29, 1.82) is 0 Å². The molecule has 4 rings (SSSR count). The Morgan fingerprint density at radius 3 is 2.13 bits per heavy atom. The number of ether oxygens (including phenoxy) is 2. The Hall–Kier alpha value is -4.25. The highest BCUT2D eigenvalue weighted by molar-refractivity contribution is 6.32. The van der Waals surface area contributed by atoms with Gasteiger partial charge in [-0.05, 0) is 81.2 Å². The van der Waals surface area contributed by atoms with Crippen molar-refractivity contribution < 1.29 is 53.2 Å². The van der Waals surface area contributed by atoms with Gasteiger partial charge in [-0.2, -0.15) is 0 Å². The largest absolute Gasteiger partial charge is 0.507 e. The van der Waals surface area contributed by atoms with E-state index >= 15 is 0 Å². The number of ketones is 5. The summed E-state index contributed by atoms with van der Waals surface area (Å²) in [5.74, 6) is -11.4. The molecule has 2 N–H and O–H groups in total. The number of phenols is 1. The first-order chi connectivity index (χ1) is 21.8. The number of carbonyl (C=O) groups excluding carboxylic acids is 7. The molecular weight excluding hydrogens is 608 g/mol. The number of benzene rings is 1. The first-order valence-electron chi connectivity index (χ1n) is 15.8. The highest BCUT2D eigenvalue weighted by atomic mass is 16.5. The van der Waals surface area contributed by atoms with Gasteiger partial charge in [0.15, 0.2) is 28.7 Å². The van der Waals surface area contributed by atoms with E-state index in [2.05, 4.69) is 0 Å². The number of aromatic hydroxyl groups is 1. The Kier molecular flexibility index (Phi) is 9.40. The Balaban J connectivity index is 1.95. The zero-order chi connectivity index (χ0) is 35.4. The van der Waals surface area contributed by atoms with Gasteiger partial charge in [0.05, 0.1) is 30.3 Å². The van der Waals surface area contributed by atoms with Gasteiger partial charge in [-0.15, -0.1) is 0 Å². The van der Waals surface area contributed by atoms with Crippen LogP contribution in [0.3, 0.4) is 0 Å². The summed E-state index contributed by atoms with van der Waals surface area (Å²) in [5.41, 5.74) is -5.22. The van der Waals surface area contributed by atoms with Gasteiger partial charge in [-0.3, -0.25) is 24.0 Å². The van der Waals surface area contributed by atoms with Gasteiger partial charge >= 0.3 is 11.9 Å². The summed E-state index contributed by atoms with van der Waals surface area (Å²) in [5, 5.41) is 23.1. The highest BCUT2D eigenvalue weighted by Crippen LogP contribution is 2.63. The van der Waals surface area contributed by atoms with Crippen LogP contribution in [0.2, 0.25) is 0 Å². The Morgan fingerprint density at radius 1 is 0.979 bits per heavy atom. The van der Waals surface area contributed by atoms with Crippen molar-refractivity contribution >= 4 is 46.9 Å². The van der Waals surface area contributed by atoms with Gasteiger partial charge in [0, 0.05) is 16.9 Å². The zero-order valence-corrected chi connectivity index (χ0v) is 28.0. The third-order valence-corrected chi connectivity index (χ3v) is 10.1. The second-order valence-corrected chi connectivity index (χ2v) is 13.7. The average Bonchev–Trinajstić information content (AvgIpc) is 2.95. The normalized spacial score (nSPS) is 30.8. The molecule has 252 valence electrons. The van der Waals surface area contributed by atoms with Crippen LogP contribution in [-0.4, -0.2) is 69.9 Å². The molecular formula is C36H42O11. The van der Waals surface area contributed by atoms with Crippen LogP contribution in [0.4, 0.5) is 0 Å². The van der Waals surface area contributed by atoms with Crippen LogP contribution in [0.25, 0.3) is 6.08 Å². The molecule has 2 saturated carbocycles. The molecule has 0 aromatic heterocycles. The summed E-state index contributed by atoms with van der Waals surface area (Å²) in [6, 6.07) is 2.72. The number of aliphatic hydroxyl groups is 1. The maximum absolute atomic E-state index is 14.5. The lowest BCUT2D eigenvalue weighted by molar-refractivity contribution is -0.205. The van der Waals surface area contributed by atoms with E-state index in [4.69, 9.17) is 9.47 Å². The minimum Gasteiger partial charge on any atom is -0.507 e. The van der Waals surface area contributed by atoms with Gasteiger partial charge in [0.25, 0.3) is 0 Å². The van der Waals surface area contributed by atoms with E-state index in [1.54, 1.807) is 34.6 Å². The van der Waals surface area contributed by atoms with Gasteiger partial charge in [0.2, 0.25) is 0 Å². The fourth-order valence-electron chi connectivity index (χ4n) is 8.37. The molecule has 1 aromatic carbocycles. The SMILES string of the molecule is CCOC(=O)C(=C\c1ccc(O)c2c1C[C@]1(C)C[C@]3(C)C(C(C)C)C(=O)C(C(C)=O)C(=O)[C@]3(O)C(=O)C1C2=O)/C=C(\C)C(=O)OCC. The molecule has 3 aliphatic carbocycles. The summed E-state index contributed by atoms with van der Waals surface area (Å²) in [6.07, 6.45) is 2.58. The predicted molar refractivity (Wildman–Crippen MR) is 168 cm³/mol. The van der Waals surface area contributed by atoms with E-state index in [0.29, 0.717) is 11.1 Å². The van der Waals surface area contributed by atoms with Gasteiger partial charge in [-0.1, -0.05) is 33.8 Å². The maximum Gasteiger partial charge on any atom is 0.338 e. The molecule has 0 radical (unpaired) electrons. The fourth-order valence-corrected chi connectivity index (χ4v) is 8.37. The topological polar surface area (TPSA) is 178 Å². The number of Topliss-reactive ketones (excluding diaryl/α,β-unsaturated/α-hetero) is 5. The number of esters is 2. The van der Waals surface area contributed by atoms with Crippen molar-refractivity contribution in [2.24, 2.45) is 34.5 Å². The molecule has 6 atom stereocenters. The zero-order valence-electron chi connectivity index (χ0n) is 28.0. The lowest BCUT2D eigenvalue weighted by Crippen LogP contribution is -2.76.